The number of aryl methyl sites for hydroxylation is 1. The van der Waals surface area contributed by atoms with E-state index in [0.29, 0.717) is 5.69 Å². The molecule has 1 amide bonds. The summed E-state index contributed by atoms with van der Waals surface area (Å²) in [6, 6.07) is 14.7. The van der Waals surface area contributed by atoms with Crippen LogP contribution in [0.4, 0.5) is 5.69 Å². The number of phenolic OH excluding ortho intramolecular Hbond substituents is 1. The molecule has 0 aromatic heterocycles. The number of carbonyl (C=O) groups is 1. The fraction of sp³-hybridized carbons (Fsp3) is 0.200. The van der Waals surface area contributed by atoms with Crippen LogP contribution in [0, 0.1) is 18.3 Å². The summed E-state index contributed by atoms with van der Waals surface area (Å²) in [6.45, 7) is 5.58. The largest absolute Gasteiger partial charge is 0.506 e. The Labute approximate surface area is 152 Å². The summed E-state index contributed by atoms with van der Waals surface area (Å²) < 4.78 is 0. The Morgan fingerprint density at radius 1 is 1.24 bits per heavy atom. The molecule has 25 heavy (non-hydrogen) atoms. The molecule has 0 fully saturated rings. The molecule has 0 atom stereocenters. The van der Waals surface area contributed by atoms with Gasteiger partial charge in [0.15, 0.2) is 0 Å². The average Bonchev–Trinajstić information content (AvgIpc) is 2.59. The number of nitriles is 1. The predicted octanol–water partition coefficient (Wildman–Crippen LogP) is 4.75. The third-order valence-corrected chi connectivity index (χ3v) is 4.71. The number of benzene rings is 2. The number of aromatic hydroxyl groups is 1. The molecule has 0 bridgehead atoms. The predicted molar refractivity (Wildman–Crippen MR) is 102 cm³/mol. The van der Waals surface area contributed by atoms with Gasteiger partial charge >= 0.3 is 0 Å². The molecule has 2 aromatic carbocycles. The number of phenols is 1. The van der Waals surface area contributed by atoms with Gasteiger partial charge in [-0.25, -0.2) is 0 Å². The van der Waals surface area contributed by atoms with Gasteiger partial charge in [-0.1, -0.05) is 30.0 Å². The number of rotatable bonds is 5. The van der Waals surface area contributed by atoms with E-state index in [0.717, 1.165) is 16.0 Å². The lowest BCUT2D eigenvalue weighted by molar-refractivity contribution is -0.120. The van der Waals surface area contributed by atoms with Crippen molar-refractivity contribution in [3.63, 3.8) is 0 Å². The van der Waals surface area contributed by atoms with Crippen molar-refractivity contribution in [2.24, 2.45) is 0 Å². The molecule has 128 valence electrons. The molecule has 0 heterocycles. The number of allylic oxidation sites excluding steroid dienone is 1. The van der Waals surface area contributed by atoms with Crippen LogP contribution in [0.2, 0.25) is 0 Å². The minimum atomic E-state index is -0.762. The molecule has 0 unspecified atom stereocenters. The van der Waals surface area contributed by atoms with E-state index >= 15 is 0 Å². The number of nitrogens with zero attached hydrogens (tertiary/aromatic N) is 1. The molecule has 0 aliphatic heterocycles. The molecule has 2 N–H and O–H groups in total. The normalized spacial score (nSPS) is 11.3. The Hall–Kier alpha value is -2.71. The van der Waals surface area contributed by atoms with Crippen molar-refractivity contribution in [2.75, 3.05) is 5.32 Å². The van der Waals surface area contributed by atoms with E-state index in [1.54, 1.807) is 23.6 Å². The third-order valence-electron chi connectivity index (χ3n) is 3.89. The first kappa shape index (κ1) is 18.6. The minimum Gasteiger partial charge on any atom is -0.506 e. The van der Waals surface area contributed by atoms with Gasteiger partial charge in [0.2, 0.25) is 5.91 Å². The molecule has 2 rings (SSSR count). The van der Waals surface area contributed by atoms with Gasteiger partial charge in [0, 0.05) is 11.0 Å². The first-order valence-corrected chi connectivity index (χ1v) is 8.65. The number of amides is 1. The highest BCUT2D eigenvalue weighted by Gasteiger charge is 2.30. The highest BCUT2D eigenvalue weighted by Crippen LogP contribution is 2.30. The van der Waals surface area contributed by atoms with E-state index in [2.05, 4.69) is 5.32 Å². The lowest BCUT2D eigenvalue weighted by Gasteiger charge is -2.24. The number of carbonyl (C=O) groups excluding carboxylic acids is 1. The SMILES string of the molecule is Cc1ccc(O)c(NC(=O)C(C)(C)c2ccc(S/C=C/C#N)cc2)c1. The summed E-state index contributed by atoms with van der Waals surface area (Å²) in [5.41, 5.74) is 1.47. The van der Waals surface area contributed by atoms with Crippen molar-refractivity contribution in [1.82, 2.24) is 0 Å². The van der Waals surface area contributed by atoms with Crippen LogP contribution in [0.3, 0.4) is 0 Å². The second-order valence-corrected chi connectivity index (χ2v) is 7.15. The number of thioether (sulfide) groups is 1. The van der Waals surface area contributed by atoms with Crippen LogP contribution in [-0.4, -0.2) is 11.0 Å². The highest BCUT2D eigenvalue weighted by molar-refractivity contribution is 8.02. The molecule has 2 aromatic rings. The fourth-order valence-corrected chi connectivity index (χ4v) is 2.83. The van der Waals surface area contributed by atoms with Crippen molar-refractivity contribution >= 4 is 23.4 Å². The Bertz CT molecular complexity index is 834. The molecule has 5 heteroatoms. The lowest BCUT2D eigenvalue weighted by atomic mass is 9.83. The van der Waals surface area contributed by atoms with Crippen molar-refractivity contribution in [2.45, 2.75) is 31.1 Å². The van der Waals surface area contributed by atoms with Crippen molar-refractivity contribution in [3.05, 3.63) is 65.1 Å². The highest BCUT2D eigenvalue weighted by atomic mass is 32.2. The molecule has 0 saturated carbocycles. The molecule has 0 aliphatic carbocycles. The number of anilines is 1. The van der Waals surface area contributed by atoms with Gasteiger partial charge in [0.25, 0.3) is 0 Å². The number of hydrogen-bond acceptors (Lipinski definition) is 4. The van der Waals surface area contributed by atoms with E-state index in [-0.39, 0.29) is 11.7 Å². The topological polar surface area (TPSA) is 73.1 Å². The van der Waals surface area contributed by atoms with E-state index in [4.69, 9.17) is 5.26 Å². The Morgan fingerprint density at radius 3 is 2.56 bits per heavy atom. The van der Waals surface area contributed by atoms with Crippen LogP contribution in [0.25, 0.3) is 0 Å². The quantitative estimate of drug-likeness (QED) is 0.463. The Kier molecular flexibility index (Phi) is 5.89. The molecule has 4 nitrogen and oxygen atoms in total. The first-order chi connectivity index (χ1) is 11.8. The van der Waals surface area contributed by atoms with E-state index in [1.807, 2.05) is 51.1 Å². The lowest BCUT2D eigenvalue weighted by Crippen LogP contribution is -2.34. The summed E-state index contributed by atoms with van der Waals surface area (Å²) in [6.07, 6.45) is 1.42. The zero-order valence-corrected chi connectivity index (χ0v) is 15.2. The van der Waals surface area contributed by atoms with Crippen LogP contribution in [0.1, 0.15) is 25.0 Å². The summed E-state index contributed by atoms with van der Waals surface area (Å²) in [5.74, 6) is -0.149. The molecule has 0 radical (unpaired) electrons. The summed E-state index contributed by atoms with van der Waals surface area (Å²) >= 11 is 1.44. The maximum Gasteiger partial charge on any atom is 0.234 e. The summed E-state index contributed by atoms with van der Waals surface area (Å²) in [5, 5.41) is 22.9. The number of nitrogens with one attached hydrogen (secondary N) is 1. The van der Waals surface area contributed by atoms with Crippen LogP contribution >= 0.6 is 11.8 Å². The van der Waals surface area contributed by atoms with Crippen molar-refractivity contribution in [1.29, 1.82) is 5.26 Å². The minimum absolute atomic E-state index is 0.0470. The smallest absolute Gasteiger partial charge is 0.234 e. The second kappa shape index (κ2) is 7.91. The average molecular weight is 352 g/mol. The molecule has 0 aliphatic rings. The monoisotopic (exact) mass is 352 g/mol. The molecule has 0 saturated heterocycles. The van der Waals surface area contributed by atoms with Crippen LogP contribution < -0.4 is 5.32 Å². The second-order valence-electron chi connectivity index (χ2n) is 6.17. The van der Waals surface area contributed by atoms with Gasteiger partial charge in [-0.2, -0.15) is 5.26 Å². The van der Waals surface area contributed by atoms with E-state index < -0.39 is 5.41 Å². The molecular weight excluding hydrogens is 332 g/mol. The van der Waals surface area contributed by atoms with Gasteiger partial charge in [0.1, 0.15) is 5.75 Å². The molecule has 0 spiro atoms. The maximum absolute atomic E-state index is 12.7. The van der Waals surface area contributed by atoms with Crippen molar-refractivity contribution < 1.29 is 9.90 Å². The number of hydrogen-bond donors (Lipinski definition) is 2. The summed E-state index contributed by atoms with van der Waals surface area (Å²) in [7, 11) is 0. The summed E-state index contributed by atoms with van der Waals surface area (Å²) in [4.78, 5) is 13.7. The Balaban J connectivity index is 2.16. The van der Waals surface area contributed by atoms with E-state index in [9.17, 15) is 9.90 Å². The van der Waals surface area contributed by atoms with Crippen molar-refractivity contribution in [3.8, 4) is 11.8 Å². The Morgan fingerprint density at radius 2 is 1.92 bits per heavy atom. The fourth-order valence-electron chi connectivity index (χ4n) is 2.25. The standard InChI is InChI=1S/C20H20N2O2S/c1-14-5-10-18(23)17(13-14)22-19(24)20(2,3)15-6-8-16(9-7-15)25-12-4-11-21/h4-10,12-13,23H,1-3H3,(H,22,24)/b12-4+. The van der Waals surface area contributed by atoms with Gasteiger partial charge in [-0.05, 0) is 61.6 Å². The van der Waals surface area contributed by atoms with E-state index in [1.165, 1.54) is 17.8 Å². The zero-order chi connectivity index (χ0) is 18.4. The maximum atomic E-state index is 12.7. The zero-order valence-electron chi connectivity index (χ0n) is 14.4. The van der Waals surface area contributed by atoms with Gasteiger partial charge in [0.05, 0.1) is 17.2 Å². The molecular formula is C20H20N2O2S. The van der Waals surface area contributed by atoms with Crippen LogP contribution in [0.15, 0.2) is 58.8 Å². The first-order valence-electron chi connectivity index (χ1n) is 7.77. The van der Waals surface area contributed by atoms with Gasteiger partial charge in [-0.15, -0.1) is 0 Å². The van der Waals surface area contributed by atoms with Crippen LogP contribution in [-0.2, 0) is 10.2 Å². The van der Waals surface area contributed by atoms with Gasteiger partial charge < -0.3 is 10.4 Å². The third kappa shape index (κ3) is 4.65. The van der Waals surface area contributed by atoms with Gasteiger partial charge in [-0.3, -0.25) is 4.79 Å². The van der Waals surface area contributed by atoms with Crippen LogP contribution in [0.5, 0.6) is 5.75 Å².